The molecule has 2 N–H and O–H groups in total. The Kier molecular flexibility index (Phi) is 5.83. The lowest BCUT2D eigenvalue weighted by Crippen LogP contribution is -2.55. The van der Waals surface area contributed by atoms with Crippen molar-refractivity contribution >= 4 is 22.5 Å². The van der Waals surface area contributed by atoms with Gasteiger partial charge in [0.05, 0.1) is 22.2 Å². The quantitative estimate of drug-likeness (QED) is 0.597. The highest BCUT2D eigenvalue weighted by atomic mass is 32.1. The highest BCUT2D eigenvalue weighted by Gasteiger charge is 2.39. The fraction of sp³-hybridized carbons (Fsp3) is 0.360. The number of carbonyl (C=O) groups excluding carboxylic acids is 1. The van der Waals surface area contributed by atoms with Gasteiger partial charge >= 0.3 is 6.03 Å². The Bertz CT molecular complexity index is 1220. The summed E-state index contributed by atoms with van der Waals surface area (Å²) in [5, 5.41) is 16.4. The van der Waals surface area contributed by atoms with Crippen LogP contribution in [-0.4, -0.2) is 46.6 Å². The number of nitriles is 1. The number of carbonyl (C=O) groups is 1. The predicted octanol–water partition coefficient (Wildman–Crippen LogP) is 4.58. The molecule has 3 heterocycles. The zero-order valence-corrected chi connectivity index (χ0v) is 19.6. The van der Waals surface area contributed by atoms with E-state index in [9.17, 15) is 10.1 Å². The summed E-state index contributed by atoms with van der Waals surface area (Å²) in [4.78, 5) is 25.5. The van der Waals surface area contributed by atoms with Crippen molar-refractivity contribution in [1.82, 2.24) is 20.2 Å². The number of rotatable bonds is 4. The number of thiazole rings is 1. The molecule has 1 unspecified atom stereocenters. The number of aromatic nitrogens is 2. The fourth-order valence-electron chi connectivity index (χ4n) is 4.51. The average molecular weight is 459 g/mol. The summed E-state index contributed by atoms with van der Waals surface area (Å²) < 4.78 is 0. The summed E-state index contributed by atoms with van der Waals surface area (Å²) in [5.41, 5.74) is 5.05. The lowest BCUT2D eigenvalue weighted by molar-refractivity contribution is 0.160. The molecular formula is C25H26N6OS. The van der Waals surface area contributed by atoms with Crippen LogP contribution in [0.1, 0.15) is 29.8 Å². The Morgan fingerprint density at radius 3 is 2.70 bits per heavy atom. The predicted molar refractivity (Wildman–Crippen MR) is 130 cm³/mol. The van der Waals surface area contributed by atoms with Crippen molar-refractivity contribution in [2.45, 2.75) is 32.7 Å². The molecule has 1 aliphatic carbocycles. The van der Waals surface area contributed by atoms with Gasteiger partial charge in [0.15, 0.2) is 5.13 Å². The lowest BCUT2D eigenvalue weighted by atomic mass is 10.0. The zero-order chi connectivity index (χ0) is 22.9. The number of nitrogens with one attached hydrogen (secondary N) is 2. The van der Waals surface area contributed by atoms with Gasteiger partial charge in [-0.1, -0.05) is 23.5 Å². The molecule has 1 aromatic carbocycles. The molecule has 2 amide bonds. The van der Waals surface area contributed by atoms with Gasteiger partial charge < -0.3 is 10.2 Å². The summed E-state index contributed by atoms with van der Waals surface area (Å²) in [6, 6.07) is 13.8. The molecule has 2 fully saturated rings. The number of anilines is 1. The van der Waals surface area contributed by atoms with Crippen molar-refractivity contribution in [3.8, 4) is 27.8 Å². The average Bonchev–Trinajstić information content (AvgIpc) is 3.58. The highest BCUT2D eigenvalue weighted by molar-refractivity contribution is 7.19. The van der Waals surface area contributed by atoms with Crippen LogP contribution in [-0.2, 0) is 0 Å². The van der Waals surface area contributed by atoms with Crippen molar-refractivity contribution in [3.05, 3.63) is 53.3 Å². The first-order chi connectivity index (χ1) is 16.0. The number of aryl methyl sites for hydroxylation is 2. The minimum absolute atomic E-state index is 0.0897. The van der Waals surface area contributed by atoms with Crippen molar-refractivity contribution in [2.24, 2.45) is 5.92 Å². The molecule has 0 spiro atoms. The second kappa shape index (κ2) is 8.93. The molecule has 168 valence electrons. The topological polar surface area (TPSA) is 93.9 Å². The van der Waals surface area contributed by atoms with E-state index in [4.69, 9.17) is 4.98 Å². The molecule has 8 heteroatoms. The van der Waals surface area contributed by atoms with E-state index in [0.717, 1.165) is 46.2 Å². The number of amides is 2. The monoisotopic (exact) mass is 458 g/mol. The summed E-state index contributed by atoms with van der Waals surface area (Å²) in [7, 11) is 0. The van der Waals surface area contributed by atoms with Crippen LogP contribution in [0, 0.1) is 31.1 Å². The fourth-order valence-corrected chi connectivity index (χ4v) is 5.47. The third-order valence-electron chi connectivity index (χ3n) is 6.16. The van der Waals surface area contributed by atoms with Gasteiger partial charge in [-0.25, -0.2) is 9.78 Å². The molecule has 2 aromatic heterocycles. The molecule has 2 aliphatic rings. The van der Waals surface area contributed by atoms with E-state index in [0.29, 0.717) is 23.2 Å². The molecule has 1 atom stereocenters. The van der Waals surface area contributed by atoms with Gasteiger partial charge in [0.25, 0.3) is 0 Å². The molecule has 0 bridgehead atoms. The van der Waals surface area contributed by atoms with Crippen molar-refractivity contribution < 1.29 is 4.79 Å². The van der Waals surface area contributed by atoms with Crippen molar-refractivity contribution in [2.75, 3.05) is 25.0 Å². The van der Waals surface area contributed by atoms with Crippen LogP contribution in [0.25, 0.3) is 21.7 Å². The van der Waals surface area contributed by atoms with Crippen LogP contribution in [0.4, 0.5) is 9.93 Å². The molecule has 7 nitrogen and oxygen atoms in total. The molecule has 0 radical (unpaired) electrons. The zero-order valence-electron chi connectivity index (χ0n) is 18.8. The maximum Gasteiger partial charge on any atom is 0.323 e. The van der Waals surface area contributed by atoms with E-state index in [1.807, 2.05) is 49.1 Å². The van der Waals surface area contributed by atoms with Crippen LogP contribution in [0.3, 0.4) is 0 Å². The number of urea groups is 1. The minimum atomic E-state index is -0.0897. The second-order valence-corrected chi connectivity index (χ2v) is 9.76. The van der Waals surface area contributed by atoms with Crippen LogP contribution < -0.4 is 10.6 Å². The second-order valence-electron chi connectivity index (χ2n) is 8.76. The van der Waals surface area contributed by atoms with Gasteiger partial charge in [-0.05, 0) is 62.4 Å². The number of nitrogens with zero attached hydrogens (tertiary/aromatic N) is 4. The summed E-state index contributed by atoms with van der Waals surface area (Å²) in [5.74, 6) is 0.599. The number of hydrogen-bond donors (Lipinski definition) is 2. The number of pyridine rings is 1. The molecule has 1 saturated carbocycles. The van der Waals surface area contributed by atoms with Gasteiger partial charge in [0.1, 0.15) is 0 Å². The van der Waals surface area contributed by atoms with E-state index in [1.54, 1.807) is 6.07 Å². The Morgan fingerprint density at radius 2 is 1.97 bits per heavy atom. The largest absolute Gasteiger partial charge is 0.323 e. The van der Waals surface area contributed by atoms with E-state index in [-0.39, 0.29) is 12.1 Å². The van der Waals surface area contributed by atoms with E-state index >= 15 is 0 Å². The molecule has 5 rings (SSSR count). The molecule has 3 aromatic rings. The maximum absolute atomic E-state index is 13.2. The first-order valence-electron chi connectivity index (χ1n) is 11.3. The van der Waals surface area contributed by atoms with Gasteiger partial charge in [0, 0.05) is 42.6 Å². The number of piperazine rings is 1. The van der Waals surface area contributed by atoms with E-state index < -0.39 is 0 Å². The molecule has 33 heavy (non-hydrogen) atoms. The molecule has 1 aliphatic heterocycles. The highest BCUT2D eigenvalue weighted by Crippen LogP contribution is 2.40. The first kappa shape index (κ1) is 21.6. The third-order valence-corrected chi connectivity index (χ3v) is 7.18. The Labute approximate surface area is 197 Å². The lowest BCUT2D eigenvalue weighted by Gasteiger charge is -2.36. The van der Waals surface area contributed by atoms with Crippen LogP contribution >= 0.6 is 11.3 Å². The van der Waals surface area contributed by atoms with Gasteiger partial charge in [-0.3, -0.25) is 10.3 Å². The summed E-state index contributed by atoms with van der Waals surface area (Å²) in [6.45, 7) is 6.30. The van der Waals surface area contributed by atoms with Crippen molar-refractivity contribution in [3.63, 3.8) is 0 Å². The van der Waals surface area contributed by atoms with Crippen LogP contribution in [0.5, 0.6) is 0 Å². The number of benzene rings is 1. The van der Waals surface area contributed by atoms with E-state index in [2.05, 4.69) is 21.7 Å². The first-order valence-corrected chi connectivity index (χ1v) is 12.1. The summed E-state index contributed by atoms with van der Waals surface area (Å²) in [6.07, 6.45) is 2.38. The van der Waals surface area contributed by atoms with Gasteiger partial charge in [-0.15, -0.1) is 0 Å². The Hall–Kier alpha value is -3.28. The van der Waals surface area contributed by atoms with Crippen molar-refractivity contribution in [1.29, 1.82) is 5.26 Å². The van der Waals surface area contributed by atoms with E-state index in [1.165, 1.54) is 24.2 Å². The Morgan fingerprint density at radius 1 is 1.18 bits per heavy atom. The maximum atomic E-state index is 13.2. The van der Waals surface area contributed by atoms with Gasteiger partial charge in [-0.2, -0.15) is 5.26 Å². The van der Waals surface area contributed by atoms with Gasteiger partial charge in [0.2, 0.25) is 0 Å². The molecular weight excluding hydrogens is 432 g/mol. The third kappa shape index (κ3) is 4.61. The summed E-state index contributed by atoms with van der Waals surface area (Å²) >= 11 is 1.46. The standard InChI is InChI=1S/C25H26N6OS/c1-15-10-20(11-16(2)28-15)23-22(19-5-3-4-17(12-19)13-26)29-24(33-23)30-25(32)31-9-8-27-14-21(31)18-6-7-18/h3-5,10-12,18,21,27H,6-9,14H2,1-2H3,(H,29,30,32). The Balaban J connectivity index is 1.51. The molecule has 1 saturated heterocycles. The minimum Gasteiger partial charge on any atom is -0.319 e. The van der Waals surface area contributed by atoms with Crippen LogP contribution in [0.2, 0.25) is 0 Å². The SMILES string of the molecule is Cc1cc(-c2sc(NC(=O)N3CCNCC3C3CC3)nc2-c2cccc(C#N)c2)cc(C)n1. The smallest absolute Gasteiger partial charge is 0.319 e. The number of hydrogen-bond acceptors (Lipinski definition) is 6. The normalized spacial score (nSPS) is 18.1. The van der Waals surface area contributed by atoms with Crippen LogP contribution in [0.15, 0.2) is 36.4 Å².